The van der Waals surface area contributed by atoms with Crippen molar-refractivity contribution in [1.82, 2.24) is 14.0 Å². The lowest BCUT2D eigenvalue weighted by Gasteiger charge is -2.33. The van der Waals surface area contributed by atoms with Crippen molar-refractivity contribution in [2.45, 2.75) is 19.0 Å². The maximum Gasteiger partial charge on any atom is 0.393 e. The number of aromatic nitrogens is 2. The Labute approximate surface area is 135 Å². The second kappa shape index (κ2) is 6.66. The number of hydrogen-bond acceptors (Lipinski definition) is 3. The maximum atomic E-state index is 12.8. The smallest absolute Gasteiger partial charge is 0.339 e. The van der Waals surface area contributed by atoms with Gasteiger partial charge in [0, 0.05) is 39.5 Å². The number of alkyl halides is 3. The fraction of sp³-hybridized carbons (Fsp3) is 0.533. The van der Waals surface area contributed by atoms with Gasteiger partial charge in [-0.25, -0.2) is 4.79 Å². The Balaban J connectivity index is 2.17. The molecule has 1 atom stereocenters. The molecule has 9 heteroatoms. The molecule has 0 bridgehead atoms. The minimum Gasteiger partial charge on any atom is -0.339 e. The number of hydrogen-bond donors (Lipinski definition) is 0. The molecule has 6 nitrogen and oxygen atoms in total. The summed E-state index contributed by atoms with van der Waals surface area (Å²) in [7, 11) is 2.77. The lowest BCUT2D eigenvalue weighted by molar-refractivity contribution is -0.187. The van der Waals surface area contributed by atoms with Crippen LogP contribution < -0.4 is 11.2 Å². The molecule has 1 aromatic rings. The minimum absolute atomic E-state index is 0.0122. The summed E-state index contributed by atoms with van der Waals surface area (Å²) in [4.78, 5) is 36.7. The van der Waals surface area contributed by atoms with Crippen LogP contribution in [0.15, 0.2) is 21.9 Å². The number of carbonyl (C=O) groups excluding carboxylic acids is 1. The van der Waals surface area contributed by atoms with E-state index in [1.54, 1.807) is 0 Å². The SMILES string of the molecule is Cn1cc(/C=C/C(=O)N2CCCC(C(F)(F)F)C2)c(=O)n(C)c1=O. The standard InChI is InChI=1S/C15H18F3N3O3/c1-19-8-10(13(23)20(2)14(19)24)5-6-12(22)21-7-3-4-11(9-21)15(16,17)18/h5-6,8,11H,3-4,7,9H2,1-2H3/b6-5+. The molecular formula is C15H18F3N3O3. The van der Waals surface area contributed by atoms with Crippen LogP contribution in [-0.2, 0) is 18.9 Å². The zero-order valence-corrected chi connectivity index (χ0v) is 13.3. The van der Waals surface area contributed by atoms with Crippen LogP contribution in [0.1, 0.15) is 18.4 Å². The van der Waals surface area contributed by atoms with Crippen molar-refractivity contribution in [3.8, 4) is 0 Å². The number of rotatable bonds is 2. The Bertz CT molecular complexity index is 777. The highest BCUT2D eigenvalue weighted by Crippen LogP contribution is 2.33. The lowest BCUT2D eigenvalue weighted by atomic mass is 9.97. The van der Waals surface area contributed by atoms with Crippen molar-refractivity contribution in [1.29, 1.82) is 0 Å². The Morgan fingerprint density at radius 3 is 2.58 bits per heavy atom. The molecule has 1 unspecified atom stereocenters. The maximum absolute atomic E-state index is 12.8. The topological polar surface area (TPSA) is 64.3 Å². The van der Waals surface area contributed by atoms with Crippen LogP contribution in [0.2, 0.25) is 0 Å². The quantitative estimate of drug-likeness (QED) is 0.748. The second-order valence-corrected chi connectivity index (χ2v) is 5.84. The van der Waals surface area contributed by atoms with E-state index in [0.29, 0.717) is 0 Å². The normalized spacial score (nSPS) is 19.0. The highest BCUT2D eigenvalue weighted by molar-refractivity contribution is 5.91. The van der Waals surface area contributed by atoms with Gasteiger partial charge in [0.15, 0.2) is 0 Å². The van der Waals surface area contributed by atoms with Gasteiger partial charge in [0.25, 0.3) is 5.56 Å². The predicted molar refractivity (Wildman–Crippen MR) is 81.3 cm³/mol. The summed E-state index contributed by atoms with van der Waals surface area (Å²) in [6, 6.07) is 0. The average molecular weight is 345 g/mol. The molecule has 0 aliphatic carbocycles. The molecule has 0 saturated carbocycles. The third kappa shape index (κ3) is 3.77. The van der Waals surface area contributed by atoms with E-state index in [4.69, 9.17) is 0 Å². The van der Waals surface area contributed by atoms with Crippen LogP contribution in [0.25, 0.3) is 6.08 Å². The van der Waals surface area contributed by atoms with Crippen LogP contribution in [0.5, 0.6) is 0 Å². The van der Waals surface area contributed by atoms with E-state index in [1.165, 1.54) is 30.9 Å². The molecule has 1 aromatic heterocycles. The van der Waals surface area contributed by atoms with Crippen molar-refractivity contribution >= 4 is 12.0 Å². The summed E-state index contributed by atoms with van der Waals surface area (Å²) >= 11 is 0. The van der Waals surface area contributed by atoms with Gasteiger partial charge >= 0.3 is 11.9 Å². The van der Waals surface area contributed by atoms with Gasteiger partial charge in [-0.3, -0.25) is 14.2 Å². The van der Waals surface area contributed by atoms with Crippen LogP contribution in [-0.4, -0.2) is 39.2 Å². The highest BCUT2D eigenvalue weighted by atomic mass is 19.4. The van der Waals surface area contributed by atoms with Crippen LogP contribution in [0.4, 0.5) is 13.2 Å². The van der Waals surface area contributed by atoms with Gasteiger partial charge in [0.2, 0.25) is 5.91 Å². The van der Waals surface area contributed by atoms with Crippen LogP contribution in [0.3, 0.4) is 0 Å². The first kappa shape index (κ1) is 18.0. The van der Waals surface area contributed by atoms with E-state index in [-0.39, 0.29) is 31.5 Å². The van der Waals surface area contributed by atoms with E-state index < -0.39 is 29.3 Å². The van der Waals surface area contributed by atoms with E-state index >= 15 is 0 Å². The third-order valence-corrected chi connectivity index (χ3v) is 4.07. The molecule has 1 fully saturated rings. The Hall–Kier alpha value is -2.32. The first-order valence-electron chi connectivity index (χ1n) is 7.41. The van der Waals surface area contributed by atoms with Gasteiger partial charge < -0.3 is 9.47 Å². The first-order valence-corrected chi connectivity index (χ1v) is 7.41. The Morgan fingerprint density at radius 2 is 1.96 bits per heavy atom. The summed E-state index contributed by atoms with van der Waals surface area (Å²) < 4.78 is 40.4. The van der Waals surface area contributed by atoms with E-state index in [9.17, 15) is 27.6 Å². The number of likely N-dealkylation sites (tertiary alicyclic amines) is 1. The molecule has 1 aliphatic heterocycles. The van der Waals surface area contributed by atoms with Crippen molar-refractivity contribution in [2.75, 3.05) is 13.1 Å². The summed E-state index contributed by atoms with van der Waals surface area (Å²) in [5.41, 5.74) is -0.973. The summed E-state index contributed by atoms with van der Waals surface area (Å²) in [6.45, 7) is -0.126. The highest BCUT2D eigenvalue weighted by Gasteiger charge is 2.42. The molecule has 132 valence electrons. The molecule has 1 aliphatic rings. The van der Waals surface area contributed by atoms with Crippen LogP contribution in [0, 0.1) is 5.92 Å². The van der Waals surface area contributed by atoms with Crippen LogP contribution >= 0.6 is 0 Å². The number of piperidine rings is 1. The molecule has 1 saturated heterocycles. The van der Waals surface area contributed by atoms with E-state index in [0.717, 1.165) is 15.5 Å². The molecule has 24 heavy (non-hydrogen) atoms. The fourth-order valence-corrected chi connectivity index (χ4v) is 2.66. The summed E-state index contributed by atoms with van der Waals surface area (Å²) in [5.74, 6) is -2.10. The van der Waals surface area contributed by atoms with Crippen molar-refractivity contribution in [3.63, 3.8) is 0 Å². The zero-order chi connectivity index (χ0) is 18.1. The minimum atomic E-state index is -4.32. The average Bonchev–Trinajstić information content (AvgIpc) is 2.54. The largest absolute Gasteiger partial charge is 0.393 e. The fourth-order valence-electron chi connectivity index (χ4n) is 2.66. The third-order valence-electron chi connectivity index (χ3n) is 4.07. The van der Waals surface area contributed by atoms with Gasteiger partial charge in [-0.05, 0) is 18.9 Å². The molecule has 2 rings (SSSR count). The Morgan fingerprint density at radius 1 is 1.29 bits per heavy atom. The van der Waals surface area contributed by atoms with Crippen molar-refractivity contribution in [3.05, 3.63) is 38.7 Å². The predicted octanol–water partition coefficient (Wildman–Crippen LogP) is 0.898. The number of halogens is 3. The summed E-state index contributed by atoms with van der Waals surface area (Å²) in [5, 5.41) is 0. The van der Waals surface area contributed by atoms with Gasteiger partial charge in [-0.2, -0.15) is 13.2 Å². The molecule has 0 aromatic carbocycles. The monoisotopic (exact) mass is 345 g/mol. The molecule has 2 heterocycles. The number of aryl methyl sites for hydroxylation is 1. The second-order valence-electron chi connectivity index (χ2n) is 5.84. The molecule has 0 spiro atoms. The first-order chi connectivity index (χ1) is 11.1. The Kier molecular flexibility index (Phi) is 5.00. The van der Waals surface area contributed by atoms with Crippen molar-refractivity contribution in [2.24, 2.45) is 20.0 Å². The van der Waals surface area contributed by atoms with Crippen molar-refractivity contribution < 1.29 is 18.0 Å². The van der Waals surface area contributed by atoms with Gasteiger partial charge in [0.1, 0.15) is 0 Å². The number of carbonyl (C=O) groups is 1. The molecule has 0 N–H and O–H groups in total. The number of nitrogens with zero attached hydrogens (tertiary/aromatic N) is 3. The number of amides is 1. The zero-order valence-electron chi connectivity index (χ0n) is 13.3. The summed E-state index contributed by atoms with van der Waals surface area (Å²) in [6.07, 6.45) is -0.454. The molecule has 0 radical (unpaired) electrons. The molecular weight excluding hydrogens is 327 g/mol. The van der Waals surface area contributed by atoms with E-state index in [2.05, 4.69) is 0 Å². The lowest BCUT2D eigenvalue weighted by Crippen LogP contribution is -2.44. The van der Waals surface area contributed by atoms with E-state index in [1.807, 2.05) is 0 Å². The van der Waals surface area contributed by atoms with Gasteiger partial charge in [-0.15, -0.1) is 0 Å². The van der Waals surface area contributed by atoms with Gasteiger partial charge in [-0.1, -0.05) is 0 Å². The molecule has 1 amide bonds. The van der Waals surface area contributed by atoms with Gasteiger partial charge in [0.05, 0.1) is 11.5 Å².